The summed E-state index contributed by atoms with van der Waals surface area (Å²) in [5.74, 6) is -0.670. The molecule has 6 heteroatoms. The molecular weight excluding hydrogens is 248 g/mol. The van der Waals surface area contributed by atoms with E-state index in [0.29, 0.717) is 18.4 Å². The van der Waals surface area contributed by atoms with Gasteiger partial charge in [0, 0.05) is 6.54 Å². The van der Waals surface area contributed by atoms with E-state index in [1.807, 2.05) is 0 Å². The second kappa shape index (κ2) is 5.44. The predicted octanol–water partition coefficient (Wildman–Crippen LogP) is 0.429. The Morgan fingerprint density at radius 2 is 2.26 bits per heavy atom. The fraction of sp³-hybridized carbons (Fsp3) is 0.538. The molecule has 1 aromatic heterocycles. The van der Waals surface area contributed by atoms with Gasteiger partial charge in [-0.2, -0.15) is 0 Å². The summed E-state index contributed by atoms with van der Waals surface area (Å²) >= 11 is 0. The first-order chi connectivity index (χ1) is 9.00. The molecule has 0 spiro atoms. The fourth-order valence-electron chi connectivity index (χ4n) is 1.91. The normalized spacial score (nSPS) is 18.2. The standard InChI is InChI=1S/C13H18N2O4/c1-9(15-12(17)10-3-6-19-7-10)11(16)14-8-13(18)4-2-5-13/h3,6-7,9,18H,2,4-5,8H2,1H3,(H,14,16)(H,15,17). The molecule has 2 amide bonds. The molecule has 1 saturated carbocycles. The van der Waals surface area contributed by atoms with Gasteiger partial charge in [0.05, 0.1) is 17.4 Å². The minimum atomic E-state index is -0.760. The summed E-state index contributed by atoms with van der Waals surface area (Å²) in [5.41, 5.74) is -0.387. The molecule has 0 aromatic carbocycles. The lowest BCUT2D eigenvalue weighted by Crippen LogP contribution is -2.52. The van der Waals surface area contributed by atoms with Crippen LogP contribution in [0.1, 0.15) is 36.5 Å². The van der Waals surface area contributed by atoms with Crippen molar-refractivity contribution < 1.29 is 19.1 Å². The van der Waals surface area contributed by atoms with E-state index in [4.69, 9.17) is 4.42 Å². The number of carbonyl (C=O) groups excluding carboxylic acids is 2. The minimum Gasteiger partial charge on any atom is -0.472 e. The molecule has 19 heavy (non-hydrogen) atoms. The van der Waals surface area contributed by atoms with Crippen molar-refractivity contribution in [3.05, 3.63) is 24.2 Å². The number of amides is 2. The van der Waals surface area contributed by atoms with Crippen molar-refractivity contribution in [2.75, 3.05) is 6.54 Å². The van der Waals surface area contributed by atoms with Crippen molar-refractivity contribution in [2.45, 2.75) is 37.8 Å². The van der Waals surface area contributed by atoms with Crippen LogP contribution in [0.2, 0.25) is 0 Å². The molecule has 0 saturated heterocycles. The Hall–Kier alpha value is -1.82. The molecule has 1 atom stereocenters. The summed E-state index contributed by atoms with van der Waals surface area (Å²) in [6.45, 7) is 1.83. The fourth-order valence-corrected chi connectivity index (χ4v) is 1.91. The Kier molecular flexibility index (Phi) is 3.90. The molecular formula is C13H18N2O4. The topological polar surface area (TPSA) is 91.6 Å². The van der Waals surface area contributed by atoms with E-state index >= 15 is 0 Å². The maximum atomic E-state index is 11.8. The molecule has 1 aliphatic carbocycles. The molecule has 1 heterocycles. The van der Waals surface area contributed by atoms with E-state index in [0.717, 1.165) is 6.42 Å². The molecule has 6 nitrogen and oxygen atoms in total. The zero-order valence-corrected chi connectivity index (χ0v) is 10.8. The zero-order valence-electron chi connectivity index (χ0n) is 10.8. The number of hydrogen-bond acceptors (Lipinski definition) is 4. The van der Waals surface area contributed by atoms with Crippen LogP contribution < -0.4 is 10.6 Å². The quantitative estimate of drug-likeness (QED) is 0.720. The van der Waals surface area contributed by atoms with E-state index in [-0.39, 0.29) is 18.4 Å². The van der Waals surface area contributed by atoms with Gasteiger partial charge >= 0.3 is 0 Å². The lowest BCUT2D eigenvalue weighted by atomic mass is 9.80. The first-order valence-corrected chi connectivity index (χ1v) is 6.33. The summed E-state index contributed by atoms with van der Waals surface area (Å²) in [6.07, 6.45) is 5.12. The van der Waals surface area contributed by atoms with Crippen LogP contribution in [0, 0.1) is 0 Å². The lowest BCUT2D eigenvalue weighted by molar-refractivity contribution is -0.125. The van der Waals surface area contributed by atoms with Crippen molar-refractivity contribution in [1.29, 1.82) is 0 Å². The SMILES string of the molecule is CC(NC(=O)c1ccoc1)C(=O)NCC1(O)CCC1. The van der Waals surface area contributed by atoms with Gasteiger partial charge in [0.2, 0.25) is 5.91 Å². The maximum Gasteiger partial charge on any atom is 0.255 e. The monoisotopic (exact) mass is 266 g/mol. The van der Waals surface area contributed by atoms with E-state index in [1.54, 1.807) is 6.92 Å². The summed E-state index contributed by atoms with van der Waals surface area (Å²) in [6, 6.07) is 0.864. The molecule has 2 rings (SSSR count). The predicted molar refractivity (Wildman–Crippen MR) is 67.4 cm³/mol. The van der Waals surface area contributed by atoms with Gasteiger partial charge in [-0.15, -0.1) is 0 Å². The van der Waals surface area contributed by atoms with Crippen molar-refractivity contribution in [1.82, 2.24) is 10.6 Å². The van der Waals surface area contributed by atoms with Crippen molar-refractivity contribution in [2.24, 2.45) is 0 Å². The highest BCUT2D eigenvalue weighted by molar-refractivity contribution is 5.97. The first kappa shape index (κ1) is 13.6. The van der Waals surface area contributed by atoms with Gasteiger partial charge < -0.3 is 20.2 Å². The van der Waals surface area contributed by atoms with E-state index < -0.39 is 11.6 Å². The average Bonchev–Trinajstić information content (AvgIpc) is 2.87. The second-order valence-electron chi connectivity index (χ2n) is 5.00. The average molecular weight is 266 g/mol. The van der Waals surface area contributed by atoms with Gasteiger partial charge in [0.1, 0.15) is 12.3 Å². The molecule has 104 valence electrons. The highest BCUT2D eigenvalue weighted by Gasteiger charge is 2.34. The summed E-state index contributed by atoms with van der Waals surface area (Å²) in [7, 11) is 0. The first-order valence-electron chi connectivity index (χ1n) is 6.33. The number of aliphatic hydroxyl groups is 1. The molecule has 0 radical (unpaired) electrons. The van der Waals surface area contributed by atoms with Crippen LogP contribution in [0.25, 0.3) is 0 Å². The minimum absolute atomic E-state index is 0.234. The van der Waals surface area contributed by atoms with Gasteiger partial charge in [-0.3, -0.25) is 9.59 Å². The zero-order chi connectivity index (χ0) is 13.9. The molecule has 1 aliphatic rings. The molecule has 0 bridgehead atoms. The van der Waals surface area contributed by atoms with Crippen molar-refractivity contribution in [3.8, 4) is 0 Å². The molecule has 0 aliphatic heterocycles. The summed E-state index contributed by atoms with van der Waals surface area (Å²) in [4.78, 5) is 23.5. The maximum absolute atomic E-state index is 11.8. The molecule has 1 unspecified atom stereocenters. The van der Waals surface area contributed by atoms with Crippen LogP contribution in [0.5, 0.6) is 0 Å². The highest BCUT2D eigenvalue weighted by atomic mass is 16.3. The Morgan fingerprint density at radius 3 is 2.79 bits per heavy atom. The van der Waals surface area contributed by atoms with E-state index in [2.05, 4.69) is 10.6 Å². The number of rotatable bonds is 5. The molecule has 3 N–H and O–H groups in total. The number of nitrogens with one attached hydrogen (secondary N) is 2. The van der Waals surface area contributed by atoms with Crippen LogP contribution in [0.4, 0.5) is 0 Å². The number of hydrogen-bond donors (Lipinski definition) is 3. The number of carbonyl (C=O) groups is 2. The molecule has 1 fully saturated rings. The van der Waals surface area contributed by atoms with Crippen LogP contribution in [-0.2, 0) is 4.79 Å². The van der Waals surface area contributed by atoms with Crippen LogP contribution >= 0.6 is 0 Å². The van der Waals surface area contributed by atoms with Gasteiger partial charge in [-0.25, -0.2) is 0 Å². The van der Waals surface area contributed by atoms with Gasteiger partial charge in [-0.1, -0.05) is 0 Å². The number of furan rings is 1. The van der Waals surface area contributed by atoms with Crippen LogP contribution in [0.3, 0.4) is 0 Å². The smallest absolute Gasteiger partial charge is 0.255 e. The van der Waals surface area contributed by atoms with Gasteiger partial charge in [-0.05, 0) is 32.3 Å². The Balaban J connectivity index is 1.77. The third kappa shape index (κ3) is 3.35. The lowest BCUT2D eigenvalue weighted by Gasteiger charge is -2.36. The van der Waals surface area contributed by atoms with Crippen LogP contribution in [0.15, 0.2) is 23.0 Å². The Morgan fingerprint density at radius 1 is 1.53 bits per heavy atom. The van der Waals surface area contributed by atoms with E-state index in [1.165, 1.54) is 18.6 Å². The third-order valence-electron chi connectivity index (χ3n) is 3.40. The highest BCUT2D eigenvalue weighted by Crippen LogP contribution is 2.30. The summed E-state index contributed by atoms with van der Waals surface area (Å²) in [5, 5.41) is 15.1. The third-order valence-corrected chi connectivity index (χ3v) is 3.40. The Bertz CT molecular complexity index is 451. The van der Waals surface area contributed by atoms with Gasteiger partial charge in [0.15, 0.2) is 0 Å². The second-order valence-corrected chi connectivity index (χ2v) is 5.00. The Labute approximate surface area is 111 Å². The summed E-state index contributed by atoms with van der Waals surface area (Å²) < 4.78 is 4.80. The van der Waals surface area contributed by atoms with Crippen LogP contribution in [-0.4, -0.2) is 35.1 Å². The van der Waals surface area contributed by atoms with Crippen molar-refractivity contribution in [3.63, 3.8) is 0 Å². The largest absolute Gasteiger partial charge is 0.472 e. The molecule has 1 aromatic rings. The van der Waals surface area contributed by atoms with Crippen molar-refractivity contribution >= 4 is 11.8 Å². The van der Waals surface area contributed by atoms with E-state index in [9.17, 15) is 14.7 Å². The van der Waals surface area contributed by atoms with Gasteiger partial charge in [0.25, 0.3) is 5.91 Å².